The Hall–Kier alpha value is -1.53. The van der Waals surface area contributed by atoms with Crippen molar-refractivity contribution in [2.75, 3.05) is 0 Å². The van der Waals surface area contributed by atoms with Crippen molar-refractivity contribution in [3.63, 3.8) is 0 Å². The molecule has 94 valence electrons. The molecular weight excluding hydrogens is 404 g/mol. The first-order valence-corrected chi connectivity index (χ1v) is 6.01. The number of pyridine rings is 1. The Morgan fingerprint density at radius 2 is 2.05 bits per heavy atom. The fourth-order valence-corrected chi connectivity index (χ4v) is 2.24. The maximum Gasteiger partial charge on any atom is 2.00 e. The number of fused-ring (bicyclic) bond motifs is 1. The summed E-state index contributed by atoms with van der Waals surface area (Å²) in [6.07, 6.45) is 3.86. The Labute approximate surface area is 127 Å². The fourth-order valence-electron chi connectivity index (χ4n) is 2.24. The van der Waals surface area contributed by atoms with Crippen molar-refractivity contribution in [2.45, 2.75) is 13.8 Å². The van der Waals surface area contributed by atoms with E-state index in [9.17, 15) is 0 Å². The summed E-state index contributed by atoms with van der Waals surface area (Å²) in [5.41, 5.74) is 4.44. The Balaban J connectivity index is 0.00000133. The Bertz CT molecular complexity index is 672. The maximum absolute atomic E-state index is 4.39. The van der Waals surface area contributed by atoms with Crippen LogP contribution in [0.5, 0.6) is 0 Å². The summed E-state index contributed by atoms with van der Waals surface area (Å²) < 4.78 is 0. The summed E-state index contributed by atoms with van der Waals surface area (Å²) in [4.78, 5) is 7.62. The molecule has 2 nitrogen and oxygen atoms in total. The van der Waals surface area contributed by atoms with E-state index in [-0.39, 0.29) is 21.1 Å². The summed E-state index contributed by atoms with van der Waals surface area (Å²) in [6, 6.07) is 13.4. The zero-order valence-corrected chi connectivity index (χ0v) is 13.8. The Kier molecular flexibility index (Phi) is 4.11. The van der Waals surface area contributed by atoms with Gasteiger partial charge in [0, 0.05) is 6.20 Å². The zero-order valence-electron chi connectivity index (χ0n) is 10.9. The number of aromatic nitrogens is 2. The molecule has 3 aromatic rings. The summed E-state index contributed by atoms with van der Waals surface area (Å²) in [5, 5.41) is 1.18. The van der Waals surface area contributed by atoms with Crippen molar-refractivity contribution in [1.82, 2.24) is 9.97 Å². The fraction of sp³-hybridized carbons (Fsp3) is 0.125. The van der Waals surface area contributed by atoms with E-state index in [0.29, 0.717) is 0 Å². The van der Waals surface area contributed by atoms with Gasteiger partial charge in [0.2, 0.25) is 0 Å². The van der Waals surface area contributed by atoms with Crippen LogP contribution in [0.3, 0.4) is 0 Å². The molecule has 19 heavy (non-hydrogen) atoms. The van der Waals surface area contributed by atoms with E-state index in [1.807, 2.05) is 30.6 Å². The second-order valence-corrected chi connectivity index (χ2v) is 4.56. The first-order chi connectivity index (χ1) is 8.77. The molecule has 1 aromatic carbocycles. The Morgan fingerprint density at radius 1 is 1.21 bits per heavy atom. The third-order valence-electron chi connectivity index (χ3n) is 3.11. The molecule has 2 aromatic heterocycles. The number of benzene rings is 1. The minimum Gasteiger partial charge on any atom is -0.410 e. The van der Waals surface area contributed by atoms with E-state index >= 15 is 0 Å². The number of hydrogen-bond donors (Lipinski definition) is 1. The topological polar surface area (TPSA) is 28.7 Å². The van der Waals surface area contributed by atoms with E-state index in [0.717, 1.165) is 11.2 Å². The van der Waals surface area contributed by atoms with Crippen LogP contribution in [0, 0.1) is 12.0 Å². The minimum atomic E-state index is 0. The van der Waals surface area contributed by atoms with Gasteiger partial charge in [-0.25, -0.2) is 0 Å². The maximum atomic E-state index is 4.39. The monoisotopic (exact) mass is 418 g/mol. The predicted molar refractivity (Wildman–Crippen MR) is 74.1 cm³/mol. The summed E-state index contributed by atoms with van der Waals surface area (Å²) in [6.45, 7) is 4.24. The van der Waals surface area contributed by atoms with Crippen LogP contribution in [-0.4, -0.2) is 9.97 Å². The third-order valence-corrected chi connectivity index (χ3v) is 3.11. The van der Waals surface area contributed by atoms with Gasteiger partial charge in [-0.1, -0.05) is 26.1 Å². The molecule has 0 bridgehead atoms. The molecule has 0 amide bonds. The number of nitrogens with zero attached hydrogens (tertiary/aromatic N) is 1. The van der Waals surface area contributed by atoms with Crippen LogP contribution in [0.2, 0.25) is 0 Å². The number of hydrogen-bond acceptors (Lipinski definition) is 1. The van der Waals surface area contributed by atoms with Crippen molar-refractivity contribution in [3.8, 4) is 11.1 Å². The molecule has 0 saturated carbocycles. The van der Waals surface area contributed by atoms with Gasteiger partial charge in [-0.3, -0.25) is 4.98 Å². The first-order valence-electron chi connectivity index (χ1n) is 6.01. The molecule has 0 saturated heterocycles. The quantitative estimate of drug-likeness (QED) is 0.627. The van der Waals surface area contributed by atoms with Crippen LogP contribution >= 0.6 is 0 Å². The summed E-state index contributed by atoms with van der Waals surface area (Å²) >= 11 is 0. The average Bonchev–Trinajstić information content (AvgIpc) is 2.83. The number of nitrogens with one attached hydrogen (secondary N) is 1. The number of rotatable bonds is 2. The first kappa shape index (κ1) is 13.9. The van der Waals surface area contributed by atoms with Crippen molar-refractivity contribution in [2.24, 2.45) is 0 Å². The molecule has 0 atom stereocenters. The van der Waals surface area contributed by atoms with E-state index in [4.69, 9.17) is 0 Å². The van der Waals surface area contributed by atoms with Crippen molar-refractivity contribution >= 4 is 11.0 Å². The van der Waals surface area contributed by atoms with Gasteiger partial charge in [0.15, 0.2) is 0 Å². The van der Waals surface area contributed by atoms with Crippen LogP contribution in [0.4, 0.5) is 0 Å². The van der Waals surface area contributed by atoms with Gasteiger partial charge in [-0.05, 0) is 0 Å². The van der Waals surface area contributed by atoms with Gasteiger partial charge in [0.1, 0.15) is 0 Å². The van der Waals surface area contributed by atoms with Gasteiger partial charge < -0.3 is 4.98 Å². The van der Waals surface area contributed by atoms with Gasteiger partial charge in [-0.15, -0.1) is 41.3 Å². The number of aromatic amines is 1. The van der Waals surface area contributed by atoms with Crippen LogP contribution in [-0.2, 0) is 21.1 Å². The van der Waals surface area contributed by atoms with Crippen LogP contribution in [0.1, 0.15) is 19.4 Å². The van der Waals surface area contributed by atoms with Gasteiger partial charge in [0.25, 0.3) is 0 Å². The zero-order chi connectivity index (χ0) is 12.5. The van der Waals surface area contributed by atoms with Crippen LogP contribution in [0.15, 0.2) is 42.7 Å². The van der Waals surface area contributed by atoms with E-state index in [2.05, 4.69) is 42.0 Å². The van der Waals surface area contributed by atoms with E-state index in [1.165, 1.54) is 22.4 Å². The molecule has 3 rings (SSSR count). The molecule has 0 radical (unpaired) electrons. The van der Waals surface area contributed by atoms with Crippen molar-refractivity contribution < 1.29 is 21.1 Å². The smallest absolute Gasteiger partial charge is 0.410 e. The standard InChI is InChI=1S/C16H14N2.W/c1-11(2)14-10-18-16-15(14)13(8-9-17-16)12-6-4-3-5-7-12;/h3-6,8-10H,1-2H3,(H,17,18);/q-2;+2. The summed E-state index contributed by atoms with van der Waals surface area (Å²) in [7, 11) is 0. The molecule has 0 unspecified atom stereocenters. The average molecular weight is 418 g/mol. The number of H-pyrrole nitrogens is 1. The van der Waals surface area contributed by atoms with Gasteiger partial charge in [0.05, 0.1) is 5.65 Å². The van der Waals surface area contributed by atoms with E-state index in [1.54, 1.807) is 0 Å². The molecule has 0 aliphatic heterocycles. The molecular formula is C16H14N2W. The largest absolute Gasteiger partial charge is 2.00 e. The van der Waals surface area contributed by atoms with Crippen molar-refractivity contribution in [1.29, 1.82) is 0 Å². The molecule has 2 heterocycles. The van der Waals surface area contributed by atoms with Crippen molar-refractivity contribution in [3.05, 3.63) is 60.3 Å². The van der Waals surface area contributed by atoms with Crippen LogP contribution in [0.25, 0.3) is 22.2 Å². The minimum absolute atomic E-state index is 0. The molecule has 3 heteroatoms. The second-order valence-electron chi connectivity index (χ2n) is 4.56. The predicted octanol–water partition coefficient (Wildman–Crippen LogP) is 3.99. The van der Waals surface area contributed by atoms with Crippen LogP contribution < -0.4 is 0 Å². The molecule has 1 N–H and O–H groups in total. The molecule has 0 spiro atoms. The SMILES string of the molecule is C[C-](C)c1c[nH]c2nccc(-c3[c-]cccc3)c12.[W+2]. The molecule has 0 aliphatic rings. The third kappa shape index (κ3) is 2.46. The normalized spacial score (nSPS) is 10.2. The molecule has 0 aliphatic carbocycles. The second kappa shape index (κ2) is 5.62. The van der Waals surface area contributed by atoms with Gasteiger partial charge >= 0.3 is 21.1 Å². The van der Waals surface area contributed by atoms with Gasteiger partial charge in [-0.2, -0.15) is 17.0 Å². The summed E-state index contributed by atoms with van der Waals surface area (Å²) in [5.74, 6) is 1.28. The molecule has 0 fully saturated rings. The van der Waals surface area contributed by atoms with E-state index < -0.39 is 0 Å². The Morgan fingerprint density at radius 3 is 2.74 bits per heavy atom.